The Bertz CT molecular complexity index is 656. The van der Waals surface area contributed by atoms with E-state index in [0.29, 0.717) is 5.66 Å². The maximum Gasteiger partial charge on any atom is 0.0308 e. The molecule has 0 N–H and O–H groups in total. The minimum Gasteiger partial charge on any atom is -0.0885 e. The molecule has 0 radical (unpaired) electrons. The van der Waals surface area contributed by atoms with E-state index in [4.69, 9.17) is 0 Å². The van der Waals surface area contributed by atoms with E-state index >= 15 is 0 Å². The van der Waals surface area contributed by atoms with Crippen molar-refractivity contribution in [3.05, 3.63) is 70.8 Å². The third-order valence-electron chi connectivity index (χ3n) is 5.34. The average molecular weight is 306 g/mol. The highest BCUT2D eigenvalue weighted by Gasteiger charge is 2.38. The lowest BCUT2D eigenvalue weighted by Gasteiger charge is -2.33. The molecule has 1 aliphatic carbocycles. The average Bonchev–Trinajstić information content (AvgIpc) is 2.79. The van der Waals surface area contributed by atoms with Crippen molar-refractivity contribution in [1.29, 1.82) is 0 Å². The maximum absolute atomic E-state index is 2.48. The molecule has 0 bridgehead atoms. The van der Waals surface area contributed by atoms with Crippen LogP contribution in [-0.2, 0) is 0 Å². The minimum atomic E-state index is -0.0159. The third-order valence-corrected chi connectivity index (χ3v) is 9.05. The normalized spacial score (nSPS) is 27.3. The van der Waals surface area contributed by atoms with Gasteiger partial charge in [-0.3, -0.25) is 0 Å². The summed E-state index contributed by atoms with van der Waals surface area (Å²) in [7, 11) is -0.0159. The van der Waals surface area contributed by atoms with Crippen LogP contribution in [0.25, 0.3) is 12.2 Å². The zero-order valence-electron chi connectivity index (χ0n) is 13.4. The lowest BCUT2D eigenvalue weighted by Crippen LogP contribution is -2.10. The molecule has 22 heavy (non-hydrogen) atoms. The first-order valence-corrected chi connectivity index (χ1v) is 9.94. The molecular formula is C21H23P. The highest BCUT2D eigenvalue weighted by molar-refractivity contribution is 7.60. The zero-order chi connectivity index (χ0) is 15.1. The van der Waals surface area contributed by atoms with Crippen molar-refractivity contribution < 1.29 is 0 Å². The summed E-state index contributed by atoms with van der Waals surface area (Å²) in [6, 6.07) is 18.1. The van der Waals surface area contributed by atoms with Crippen LogP contribution in [0.15, 0.2) is 48.5 Å². The summed E-state index contributed by atoms with van der Waals surface area (Å²) in [4.78, 5) is 0. The molecule has 1 heteroatoms. The molecule has 4 rings (SSSR count). The Balaban J connectivity index is 1.94. The van der Waals surface area contributed by atoms with Crippen LogP contribution in [0.3, 0.4) is 0 Å². The van der Waals surface area contributed by atoms with E-state index < -0.39 is 0 Å². The van der Waals surface area contributed by atoms with E-state index in [1.165, 1.54) is 24.0 Å². The van der Waals surface area contributed by atoms with Crippen molar-refractivity contribution in [2.24, 2.45) is 0 Å². The summed E-state index contributed by atoms with van der Waals surface area (Å²) < 4.78 is 0. The molecular weight excluding hydrogens is 283 g/mol. The van der Waals surface area contributed by atoms with E-state index in [1.54, 1.807) is 11.1 Å². The number of rotatable bonds is 1. The lowest BCUT2D eigenvalue weighted by atomic mass is 9.99. The largest absolute Gasteiger partial charge is 0.0885 e. The van der Waals surface area contributed by atoms with Crippen molar-refractivity contribution in [2.45, 2.75) is 43.7 Å². The van der Waals surface area contributed by atoms with Crippen molar-refractivity contribution >= 4 is 20.1 Å². The van der Waals surface area contributed by atoms with Gasteiger partial charge in [0.25, 0.3) is 0 Å². The molecule has 1 saturated heterocycles. The molecule has 112 valence electrons. The standard InChI is InChI=1S/C21H23P/c1-15-11-12-16(2)22(15)21-19-9-5-3-7-17(19)13-14-18-8-4-6-10-20(18)21/h3-10,13-16,21H,11-12H2,1-2H3/t15-,16?,22?/m1/s1. The van der Waals surface area contributed by atoms with E-state index in [0.717, 1.165) is 11.3 Å². The van der Waals surface area contributed by atoms with Gasteiger partial charge in [0.2, 0.25) is 0 Å². The molecule has 0 amide bonds. The molecule has 2 aliphatic rings. The lowest BCUT2D eigenvalue weighted by molar-refractivity contribution is 0.777. The van der Waals surface area contributed by atoms with Crippen LogP contribution in [0.4, 0.5) is 0 Å². The van der Waals surface area contributed by atoms with Gasteiger partial charge in [0.1, 0.15) is 0 Å². The molecule has 3 atom stereocenters. The van der Waals surface area contributed by atoms with Gasteiger partial charge in [0.15, 0.2) is 0 Å². The Morgan fingerprint density at radius 1 is 0.727 bits per heavy atom. The molecule has 0 nitrogen and oxygen atoms in total. The maximum atomic E-state index is 2.48. The van der Waals surface area contributed by atoms with E-state index in [1.807, 2.05) is 0 Å². The quantitative estimate of drug-likeness (QED) is 0.541. The summed E-state index contributed by atoms with van der Waals surface area (Å²) in [6.07, 6.45) is 7.44. The fraction of sp³-hybridized carbons (Fsp3) is 0.333. The van der Waals surface area contributed by atoms with Crippen LogP contribution in [0.2, 0.25) is 0 Å². The van der Waals surface area contributed by atoms with E-state index in [-0.39, 0.29) is 7.92 Å². The summed E-state index contributed by atoms with van der Waals surface area (Å²) in [5.41, 5.74) is 8.27. The van der Waals surface area contributed by atoms with Crippen LogP contribution < -0.4 is 0 Å². The van der Waals surface area contributed by atoms with Gasteiger partial charge in [-0.15, -0.1) is 0 Å². The number of fused-ring (bicyclic) bond motifs is 2. The van der Waals surface area contributed by atoms with Crippen LogP contribution >= 0.6 is 7.92 Å². The molecule has 2 unspecified atom stereocenters. The van der Waals surface area contributed by atoms with Gasteiger partial charge in [0, 0.05) is 5.66 Å². The predicted molar refractivity (Wildman–Crippen MR) is 98.7 cm³/mol. The predicted octanol–water partition coefficient (Wildman–Crippen LogP) is 6.31. The van der Waals surface area contributed by atoms with Gasteiger partial charge in [-0.1, -0.05) is 82.5 Å². The highest BCUT2D eigenvalue weighted by atomic mass is 31.1. The van der Waals surface area contributed by atoms with Crippen molar-refractivity contribution in [3.63, 3.8) is 0 Å². The zero-order valence-corrected chi connectivity index (χ0v) is 14.3. The molecule has 1 aliphatic heterocycles. The Morgan fingerprint density at radius 3 is 1.68 bits per heavy atom. The van der Waals surface area contributed by atoms with Crippen LogP contribution in [0.1, 0.15) is 54.6 Å². The summed E-state index contributed by atoms with van der Waals surface area (Å²) in [5.74, 6) is 0. The topological polar surface area (TPSA) is 0 Å². The molecule has 2 aromatic carbocycles. The fourth-order valence-electron chi connectivity index (χ4n) is 4.22. The Labute approximate surface area is 135 Å². The van der Waals surface area contributed by atoms with E-state index in [2.05, 4.69) is 74.5 Å². The first-order valence-electron chi connectivity index (χ1n) is 8.39. The smallest absolute Gasteiger partial charge is 0.0308 e. The molecule has 2 aromatic rings. The fourth-order valence-corrected chi connectivity index (χ4v) is 8.11. The van der Waals surface area contributed by atoms with Crippen molar-refractivity contribution in [2.75, 3.05) is 0 Å². The molecule has 1 fully saturated rings. The SMILES string of the molecule is CC1CC[C@@H](C)P1C1c2ccccc2C=Cc2ccccc21. The summed E-state index contributed by atoms with van der Waals surface area (Å²) >= 11 is 0. The molecule has 0 aromatic heterocycles. The third kappa shape index (κ3) is 2.25. The van der Waals surface area contributed by atoms with Crippen LogP contribution in [0.5, 0.6) is 0 Å². The number of hydrogen-bond acceptors (Lipinski definition) is 0. The second-order valence-electron chi connectivity index (χ2n) is 6.72. The molecule has 0 saturated carbocycles. The Kier molecular flexibility index (Phi) is 3.66. The monoisotopic (exact) mass is 306 g/mol. The number of benzene rings is 2. The molecule has 0 spiro atoms. The van der Waals surface area contributed by atoms with Crippen LogP contribution in [0, 0.1) is 0 Å². The summed E-state index contributed by atoms with van der Waals surface area (Å²) in [6.45, 7) is 4.97. The minimum absolute atomic E-state index is 0.0159. The van der Waals surface area contributed by atoms with Crippen molar-refractivity contribution in [3.8, 4) is 0 Å². The first kappa shape index (κ1) is 14.2. The number of hydrogen-bond donors (Lipinski definition) is 0. The Hall–Kier alpha value is -1.39. The van der Waals surface area contributed by atoms with Crippen molar-refractivity contribution in [1.82, 2.24) is 0 Å². The van der Waals surface area contributed by atoms with Gasteiger partial charge in [0.05, 0.1) is 0 Å². The van der Waals surface area contributed by atoms with E-state index in [9.17, 15) is 0 Å². The Morgan fingerprint density at radius 2 is 1.18 bits per heavy atom. The summed E-state index contributed by atoms with van der Waals surface area (Å²) in [5, 5.41) is 0. The van der Waals surface area contributed by atoms with Gasteiger partial charge < -0.3 is 0 Å². The van der Waals surface area contributed by atoms with Gasteiger partial charge in [-0.05, 0) is 46.4 Å². The molecule has 1 heterocycles. The van der Waals surface area contributed by atoms with Crippen LogP contribution in [-0.4, -0.2) is 11.3 Å². The van der Waals surface area contributed by atoms with Gasteiger partial charge >= 0.3 is 0 Å². The van der Waals surface area contributed by atoms with Gasteiger partial charge in [-0.25, -0.2) is 0 Å². The second-order valence-corrected chi connectivity index (χ2v) is 9.89. The second kappa shape index (κ2) is 5.67. The first-order chi connectivity index (χ1) is 10.8. The highest BCUT2D eigenvalue weighted by Crippen LogP contribution is 2.67. The van der Waals surface area contributed by atoms with Gasteiger partial charge in [-0.2, -0.15) is 0 Å².